The van der Waals surface area contributed by atoms with E-state index in [1.807, 2.05) is 36.4 Å². The van der Waals surface area contributed by atoms with Crippen molar-refractivity contribution < 1.29 is 9.66 Å². The lowest BCUT2D eigenvalue weighted by molar-refractivity contribution is -0.385. The average Bonchev–Trinajstić information content (AvgIpc) is 3.08. The maximum absolute atomic E-state index is 11.2. The zero-order chi connectivity index (χ0) is 16.2. The van der Waals surface area contributed by atoms with Crippen LogP contribution in [0.4, 0.5) is 5.69 Å². The maximum atomic E-state index is 11.2. The highest BCUT2D eigenvalue weighted by molar-refractivity contribution is 5.51. The summed E-state index contributed by atoms with van der Waals surface area (Å²) >= 11 is 0. The van der Waals surface area contributed by atoms with Crippen molar-refractivity contribution in [1.29, 1.82) is 0 Å². The normalized spacial score (nSPS) is 14.8. The summed E-state index contributed by atoms with van der Waals surface area (Å²) in [5.41, 5.74) is 3.04. The van der Waals surface area contributed by atoms with E-state index in [1.54, 1.807) is 13.0 Å². The molecule has 3 rings (SSSR count). The van der Waals surface area contributed by atoms with Crippen LogP contribution in [0.3, 0.4) is 0 Å². The molecular formula is C19H21NO3. The quantitative estimate of drug-likeness (QED) is 0.567. The fourth-order valence-corrected chi connectivity index (χ4v) is 3.31. The molecule has 0 bridgehead atoms. The second-order valence-corrected chi connectivity index (χ2v) is 6.19. The highest BCUT2D eigenvalue weighted by Gasteiger charge is 2.24. The molecule has 0 aliphatic heterocycles. The zero-order valence-electron chi connectivity index (χ0n) is 13.3. The Hall–Kier alpha value is -2.36. The van der Waals surface area contributed by atoms with Crippen LogP contribution >= 0.6 is 0 Å². The lowest BCUT2D eigenvalue weighted by Crippen LogP contribution is -2.04. The standard InChI is InChI=1S/C19H21NO3/c1-14-11-17(16-9-5-6-10-16)19(12-18(14)20(21)22)23-13-15-7-3-2-4-8-15/h2-4,7-8,11-12,16H,5-6,9-10,13H2,1H3. The number of hydrogen-bond donors (Lipinski definition) is 0. The molecule has 0 radical (unpaired) electrons. The molecule has 0 heterocycles. The summed E-state index contributed by atoms with van der Waals surface area (Å²) < 4.78 is 5.98. The van der Waals surface area contributed by atoms with Gasteiger partial charge in [-0.3, -0.25) is 10.1 Å². The number of ether oxygens (including phenoxy) is 1. The van der Waals surface area contributed by atoms with E-state index in [4.69, 9.17) is 4.74 Å². The van der Waals surface area contributed by atoms with Gasteiger partial charge in [-0.1, -0.05) is 43.2 Å². The summed E-state index contributed by atoms with van der Waals surface area (Å²) in [4.78, 5) is 10.9. The van der Waals surface area contributed by atoms with Crippen LogP contribution in [0.15, 0.2) is 42.5 Å². The molecule has 0 spiro atoms. The van der Waals surface area contributed by atoms with Crippen LogP contribution in [0, 0.1) is 17.0 Å². The maximum Gasteiger partial charge on any atom is 0.276 e. The van der Waals surface area contributed by atoms with Crippen molar-refractivity contribution in [3.63, 3.8) is 0 Å². The lowest BCUT2D eigenvalue weighted by atomic mass is 9.94. The third-order valence-corrected chi connectivity index (χ3v) is 4.56. The van der Waals surface area contributed by atoms with Gasteiger partial charge < -0.3 is 4.74 Å². The van der Waals surface area contributed by atoms with Crippen LogP contribution in [-0.2, 0) is 6.61 Å². The van der Waals surface area contributed by atoms with Crippen molar-refractivity contribution >= 4 is 5.69 Å². The summed E-state index contributed by atoms with van der Waals surface area (Å²) in [6.45, 7) is 2.23. The van der Waals surface area contributed by atoms with E-state index in [0.717, 1.165) is 24.0 Å². The van der Waals surface area contributed by atoms with Crippen molar-refractivity contribution in [2.75, 3.05) is 0 Å². The van der Waals surface area contributed by atoms with Crippen LogP contribution in [0.5, 0.6) is 5.75 Å². The first-order chi connectivity index (χ1) is 11.1. The van der Waals surface area contributed by atoms with Gasteiger partial charge in [-0.05, 0) is 42.9 Å². The van der Waals surface area contributed by atoms with Crippen molar-refractivity contribution in [1.82, 2.24) is 0 Å². The molecule has 1 saturated carbocycles. The SMILES string of the molecule is Cc1cc(C2CCCC2)c(OCc2ccccc2)cc1[N+](=O)[O-]. The molecule has 0 saturated heterocycles. The minimum absolute atomic E-state index is 0.134. The van der Waals surface area contributed by atoms with E-state index >= 15 is 0 Å². The van der Waals surface area contributed by atoms with E-state index in [0.29, 0.717) is 23.8 Å². The molecule has 0 atom stereocenters. The first kappa shape index (κ1) is 15.5. The van der Waals surface area contributed by atoms with Gasteiger partial charge in [0.2, 0.25) is 0 Å². The van der Waals surface area contributed by atoms with E-state index in [-0.39, 0.29) is 10.6 Å². The highest BCUT2D eigenvalue weighted by Crippen LogP contribution is 2.41. The van der Waals surface area contributed by atoms with Gasteiger partial charge in [0, 0.05) is 5.56 Å². The van der Waals surface area contributed by atoms with Gasteiger partial charge in [0.15, 0.2) is 0 Å². The molecule has 1 aliphatic rings. The number of nitrogens with zero attached hydrogens (tertiary/aromatic N) is 1. The Morgan fingerprint density at radius 1 is 1.17 bits per heavy atom. The van der Waals surface area contributed by atoms with Gasteiger partial charge in [0.1, 0.15) is 12.4 Å². The summed E-state index contributed by atoms with van der Waals surface area (Å²) in [6.07, 6.45) is 4.72. The van der Waals surface area contributed by atoms with E-state index < -0.39 is 0 Å². The third kappa shape index (κ3) is 3.52. The van der Waals surface area contributed by atoms with Gasteiger partial charge in [-0.25, -0.2) is 0 Å². The lowest BCUT2D eigenvalue weighted by Gasteiger charge is -2.17. The minimum Gasteiger partial charge on any atom is -0.488 e. The number of rotatable bonds is 5. The van der Waals surface area contributed by atoms with Crippen LogP contribution in [-0.4, -0.2) is 4.92 Å². The molecule has 0 unspecified atom stereocenters. The fraction of sp³-hybridized carbons (Fsp3) is 0.368. The van der Waals surface area contributed by atoms with Gasteiger partial charge in [0.05, 0.1) is 11.0 Å². The van der Waals surface area contributed by atoms with Crippen LogP contribution in [0.2, 0.25) is 0 Å². The molecule has 2 aromatic carbocycles. The molecule has 4 nitrogen and oxygen atoms in total. The zero-order valence-corrected chi connectivity index (χ0v) is 13.3. The number of nitro groups is 1. The number of hydrogen-bond acceptors (Lipinski definition) is 3. The van der Waals surface area contributed by atoms with Crippen molar-refractivity contribution in [2.45, 2.75) is 45.1 Å². The summed E-state index contributed by atoms with van der Waals surface area (Å²) in [5.74, 6) is 1.12. The third-order valence-electron chi connectivity index (χ3n) is 4.56. The molecule has 1 aliphatic carbocycles. The molecular weight excluding hydrogens is 290 g/mol. The largest absolute Gasteiger partial charge is 0.488 e. The monoisotopic (exact) mass is 311 g/mol. The number of benzene rings is 2. The van der Waals surface area contributed by atoms with Crippen molar-refractivity contribution in [3.8, 4) is 5.75 Å². The molecule has 1 fully saturated rings. The van der Waals surface area contributed by atoms with E-state index in [2.05, 4.69) is 0 Å². The van der Waals surface area contributed by atoms with Gasteiger partial charge in [-0.2, -0.15) is 0 Å². The van der Waals surface area contributed by atoms with E-state index in [9.17, 15) is 10.1 Å². The smallest absolute Gasteiger partial charge is 0.276 e. The van der Waals surface area contributed by atoms with Crippen molar-refractivity contribution in [2.24, 2.45) is 0 Å². The number of aryl methyl sites for hydroxylation is 1. The van der Waals surface area contributed by atoms with Crippen LogP contribution in [0.1, 0.15) is 48.3 Å². The molecule has 23 heavy (non-hydrogen) atoms. The summed E-state index contributed by atoms with van der Waals surface area (Å²) in [5, 5.41) is 11.2. The Morgan fingerprint density at radius 2 is 1.87 bits per heavy atom. The van der Waals surface area contributed by atoms with Crippen LogP contribution < -0.4 is 4.74 Å². The second kappa shape index (κ2) is 6.82. The average molecular weight is 311 g/mol. The Labute approximate surface area is 136 Å². The molecule has 0 aromatic heterocycles. The van der Waals surface area contributed by atoms with E-state index in [1.165, 1.54) is 12.8 Å². The van der Waals surface area contributed by atoms with Crippen LogP contribution in [0.25, 0.3) is 0 Å². The predicted octanol–water partition coefficient (Wildman–Crippen LogP) is 5.14. The molecule has 0 amide bonds. The Balaban J connectivity index is 1.91. The molecule has 4 heteroatoms. The molecule has 120 valence electrons. The van der Waals surface area contributed by atoms with Crippen molar-refractivity contribution in [3.05, 3.63) is 69.3 Å². The summed E-state index contributed by atoms with van der Waals surface area (Å²) in [7, 11) is 0. The highest BCUT2D eigenvalue weighted by atomic mass is 16.6. The topological polar surface area (TPSA) is 52.4 Å². The first-order valence-electron chi connectivity index (χ1n) is 8.11. The predicted molar refractivity (Wildman–Crippen MR) is 89.8 cm³/mol. The van der Waals surface area contributed by atoms with Gasteiger partial charge >= 0.3 is 0 Å². The Morgan fingerprint density at radius 3 is 2.52 bits per heavy atom. The first-order valence-corrected chi connectivity index (χ1v) is 8.11. The van der Waals surface area contributed by atoms with Gasteiger partial charge in [0.25, 0.3) is 5.69 Å². The Bertz CT molecular complexity index is 691. The second-order valence-electron chi connectivity index (χ2n) is 6.19. The molecule has 2 aromatic rings. The Kier molecular flexibility index (Phi) is 4.60. The minimum atomic E-state index is -0.330. The fourth-order valence-electron chi connectivity index (χ4n) is 3.31. The van der Waals surface area contributed by atoms with Gasteiger partial charge in [-0.15, -0.1) is 0 Å². The summed E-state index contributed by atoms with van der Waals surface area (Å²) in [6, 6.07) is 13.4. The number of nitro benzene ring substituents is 1. The molecule has 0 N–H and O–H groups in total.